The maximum Gasteiger partial charge on any atom is 0.160 e. The first kappa shape index (κ1) is 12.6. The zero-order chi connectivity index (χ0) is 13.2. The third kappa shape index (κ3) is 2.48. The van der Waals surface area contributed by atoms with Crippen LogP contribution >= 0.6 is 0 Å². The van der Waals surface area contributed by atoms with E-state index in [0.717, 1.165) is 49.5 Å². The first-order chi connectivity index (χ1) is 9.25. The van der Waals surface area contributed by atoms with Crippen LogP contribution in [0.3, 0.4) is 0 Å². The number of hydrogen-bond acceptors (Lipinski definition) is 4. The Morgan fingerprint density at radius 1 is 1.47 bits per heavy atom. The standard InChI is InChI=1S/C14H20N4O/c1-17(2)8-9-18-13-11(5-3-7-15-13)16-14(18)12-6-4-10-19-12/h3,5,7,12H,4,6,8-10H2,1-2H3. The summed E-state index contributed by atoms with van der Waals surface area (Å²) in [6.45, 7) is 2.71. The molecule has 0 radical (unpaired) electrons. The van der Waals surface area contributed by atoms with Gasteiger partial charge in [0.15, 0.2) is 5.65 Å². The molecule has 1 unspecified atom stereocenters. The second-order valence-electron chi connectivity index (χ2n) is 5.27. The summed E-state index contributed by atoms with van der Waals surface area (Å²) in [5, 5.41) is 0. The molecule has 0 amide bonds. The molecule has 2 aromatic rings. The van der Waals surface area contributed by atoms with E-state index in [0.29, 0.717) is 0 Å². The molecule has 19 heavy (non-hydrogen) atoms. The molecule has 0 bridgehead atoms. The molecule has 1 atom stereocenters. The Balaban J connectivity index is 2.00. The number of pyridine rings is 1. The lowest BCUT2D eigenvalue weighted by Crippen LogP contribution is -2.20. The third-order valence-corrected chi connectivity index (χ3v) is 3.52. The van der Waals surface area contributed by atoms with Crippen LogP contribution in [0.25, 0.3) is 11.2 Å². The second-order valence-corrected chi connectivity index (χ2v) is 5.27. The molecule has 1 aliphatic heterocycles. The molecule has 1 fully saturated rings. The maximum absolute atomic E-state index is 5.79. The zero-order valence-electron chi connectivity index (χ0n) is 11.5. The van der Waals surface area contributed by atoms with Gasteiger partial charge in [-0.05, 0) is 39.1 Å². The first-order valence-corrected chi connectivity index (χ1v) is 6.83. The van der Waals surface area contributed by atoms with Gasteiger partial charge < -0.3 is 14.2 Å². The number of aromatic nitrogens is 3. The zero-order valence-corrected chi connectivity index (χ0v) is 11.5. The van der Waals surface area contributed by atoms with E-state index in [1.165, 1.54) is 0 Å². The Morgan fingerprint density at radius 2 is 2.37 bits per heavy atom. The Kier molecular flexibility index (Phi) is 3.48. The van der Waals surface area contributed by atoms with Gasteiger partial charge in [-0.2, -0.15) is 0 Å². The fraction of sp³-hybridized carbons (Fsp3) is 0.571. The predicted molar refractivity (Wildman–Crippen MR) is 74.0 cm³/mol. The molecule has 5 nitrogen and oxygen atoms in total. The van der Waals surface area contributed by atoms with Crippen molar-refractivity contribution in [3.8, 4) is 0 Å². The maximum atomic E-state index is 5.79. The fourth-order valence-corrected chi connectivity index (χ4v) is 2.52. The topological polar surface area (TPSA) is 43.2 Å². The molecule has 0 spiro atoms. The summed E-state index contributed by atoms with van der Waals surface area (Å²) < 4.78 is 8.00. The summed E-state index contributed by atoms with van der Waals surface area (Å²) >= 11 is 0. The Hall–Kier alpha value is -1.46. The van der Waals surface area contributed by atoms with Crippen LogP contribution in [0, 0.1) is 0 Å². The smallest absolute Gasteiger partial charge is 0.160 e. The lowest BCUT2D eigenvalue weighted by Gasteiger charge is -2.15. The van der Waals surface area contributed by atoms with Crippen molar-refractivity contribution in [3.63, 3.8) is 0 Å². The van der Waals surface area contributed by atoms with Crippen molar-refractivity contribution in [1.29, 1.82) is 0 Å². The quantitative estimate of drug-likeness (QED) is 0.841. The molecule has 3 rings (SSSR count). The van der Waals surface area contributed by atoms with Gasteiger partial charge in [0.2, 0.25) is 0 Å². The van der Waals surface area contributed by atoms with Gasteiger partial charge in [-0.3, -0.25) is 0 Å². The van der Waals surface area contributed by atoms with E-state index in [9.17, 15) is 0 Å². The largest absolute Gasteiger partial charge is 0.370 e. The van der Waals surface area contributed by atoms with E-state index in [-0.39, 0.29) is 6.10 Å². The molecule has 102 valence electrons. The van der Waals surface area contributed by atoms with E-state index >= 15 is 0 Å². The summed E-state index contributed by atoms with van der Waals surface area (Å²) in [6, 6.07) is 3.96. The van der Waals surface area contributed by atoms with E-state index < -0.39 is 0 Å². The van der Waals surface area contributed by atoms with Gasteiger partial charge in [0.05, 0.1) is 0 Å². The third-order valence-electron chi connectivity index (χ3n) is 3.52. The van der Waals surface area contributed by atoms with Crippen LogP contribution in [-0.2, 0) is 11.3 Å². The normalized spacial score (nSPS) is 19.6. The van der Waals surface area contributed by atoms with Gasteiger partial charge in [-0.25, -0.2) is 9.97 Å². The molecular formula is C14H20N4O. The summed E-state index contributed by atoms with van der Waals surface area (Å²) in [7, 11) is 4.16. The highest BCUT2D eigenvalue weighted by Gasteiger charge is 2.24. The molecule has 0 N–H and O–H groups in total. The van der Waals surface area contributed by atoms with Crippen molar-refractivity contribution < 1.29 is 4.74 Å². The summed E-state index contributed by atoms with van der Waals surface area (Å²) in [5.74, 6) is 1.04. The van der Waals surface area contributed by atoms with Crippen molar-refractivity contribution >= 4 is 11.2 Å². The first-order valence-electron chi connectivity index (χ1n) is 6.83. The van der Waals surface area contributed by atoms with Crippen molar-refractivity contribution in [1.82, 2.24) is 19.4 Å². The van der Waals surface area contributed by atoms with Crippen LogP contribution < -0.4 is 0 Å². The fourth-order valence-electron chi connectivity index (χ4n) is 2.52. The van der Waals surface area contributed by atoms with Crippen molar-refractivity contribution in [2.24, 2.45) is 0 Å². The number of nitrogens with zero attached hydrogens (tertiary/aromatic N) is 4. The molecule has 0 aliphatic carbocycles. The predicted octanol–water partition coefficient (Wildman–Crippen LogP) is 1.84. The molecular weight excluding hydrogens is 240 g/mol. The minimum Gasteiger partial charge on any atom is -0.370 e. The van der Waals surface area contributed by atoms with Crippen LogP contribution in [0.2, 0.25) is 0 Å². The minimum atomic E-state index is 0.136. The molecule has 1 aliphatic rings. The van der Waals surface area contributed by atoms with E-state index in [2.05, 4.69) is 28.5 Å². The van der Waals surface area contributed by atoms with E-state index in [1.54, 1.807) is 0 Å². The van der Waals surface area contributed by atoms with E-state index in [1.807, 2.05) is 18.3 Å². The average Bonchev–Trinajstić information content (AvgIpc) is 3.03. The van der Waals surface area contributed by atoms with Crippen LogP contribution in [0.4, 0.5) is 0 Å². The SMILES string of the molecule is CN(C)CCn1c(C2CCCO2)nc2cccnc21. The van der Waals surface area contributed by atoms with E-state index in [4.69, 9.17) is 9.72 Å². The molecule has 2 aromatic heterocycles. The molecule has 0 saturated carbocycles. The Labute approximate surface area is 113 Å². The lowest BCUT2D eigenvalue weighted by molar-refractivity contribution is 0.102. The number of ether oxygens (including phenoxy) is 1. The van der Waals surface area contributed by atoms with Crippen LogP contribution in [0.1, 0.15) is 24.8 Å². The lowest BCUT2D eigenvalue weighted by atomic mass is 10.2. The van der Waals surface area contributed by atoms with Gasteiger partial charge in [-0.15, -0.1) is 0 Å². The highest BCUT2D eigenvalue weighted by atomic mass is 16.5. The van der Waals surface area contributed by atoms with Gasteiger partial charge in [0.25, 0.3) is 0 Å². The van der Waals surface area contributed by atoms with Gasteiger partial charge in [-0.1, -0.05) is 0 Å². The monoisotopic (exact) mass is 260 g/mol. The summed E-state index contributed by atoms with van der Waals surface area (Å²) in [5.41, 5.74) is 1.93. The Morgan fingerprint density at radius 3 is 3.11 bits per heavy atom. The molecule has 3 heterocycles. The van der Waals surface area contributed by atoms with Crippen molar-refractivity contribution in [2.75, 3.05) is 27.2 Å². The minimum absolute atomic E-state index is 0.136. The van der Waals surface area contributed by atoms with Crippen molar-refractivity contribution in [3.05, 3.63) is 24.2 Å². The highest BCUT2D eigenvalue weighted by molar-refractivity contribution is 5.71. The Bertz CT molecular complexity index is 558. The van der Waals surface area contributed by atoms with Crippen molar-refractivity contribution in [2.45, 2.75) is 25.5 Å². The van der Waals surface area contributed by atoms with Crippen LogP contribution in [0.5, 0.6) is 0 Å². The molecule has 5 heteroatoms. The summed E-state index contributed by atoms with van der Waals surface area (Å²) in [4.78, 5) is 11.4. The highest BCUT2D eigenvalue weighted by Crippen LogP contribution is 2.29. The van der Waals surface area contributed by atoms with Gasteiger partial charge in [0, 0.05) is 25.9 Å². The number of hydrogen-bond donors (Lipinski definition) is 0. The number of likely N-dealkylation sites (N-methyl/N-ethyl adjacent to an activating group) is 1. The summed E-state index contributed by atoms with van der Waals surface area (Å²) in [6.07, 6.45) is 4.15. The number of rotatable bonds is 4. The molecule has 1 saturated heterocycles. The average molecular weight is 260 g/mol. The van der Waals surface area contributed by atoms with Gasteiger partial charge in [0.1, 0.15) is 17.4 Å². The number of fused-ring (bicyclic) bond motifs is 1. The van der Waals surface area contributed by atoms with Crippen LogP contribution in [0.15, 0.2) is 18.3 Å². The second kappa shape index (κ2) is 5.27. The van der Waals surface area contributed by atoms with Crippen LogP contribution in [-0.4, -0.2) is 46.7 Å². The number of imidazole rings is 1. The van der Waals surface area contributed by atoms with Gasteiger partial charge >= 0.3 is 0 Å². The molecule has 0 aromatic carbocycles.